The molecular weight excluding hydrogens is 210 g/mol. The normalized spacial score (nSPS) is 12.7. The highest BCUT2D eigenvalue weighted by atomic mass is 35.5. The first-order valence-corrected chi connectivity index (χ1v) is 5.03. The Bertz CT molecular complexity index is 447. The summed E-state index contributed by atoms with van der Waals surface area (Å²) in [5.41, 5.74) is 7.93. The minimum absolute atomic E-state index is 0.191. The van der Waals surface area contributed by atoms with Crippen LogP contribution in [0.4, 0.5) is 0 Å². The van der Waals surface area contributed by atoms with Gasteiger partial charge in [0.25, 0.3) is 0 Å². The second kappa shape index (κ2) is 4.04. The minimum Gasteiger partial charge on any atom is -0.340 e. The Morgan fingerprint density at radius 2 is 2.00 bits per heavy atom. The van der Waals surface area contributed by atoms with E-state index in [1.807, 2.05) is 42.1 Å². The van der Waals surface area contributed by atoms with Crippen molar-refractivity contribution in [2.75, 3.05) is 0 Å². The van der Waals surface area contributed by atoms with E-state index in [0.29, 0.717) is 5.02 Å². The van der Waals surface area contributed by atoms with Crippen LogP contribution in [-0.4, -0.2) is 9.55 Å². The zero-order chi connectivity index (χ0) is 10.8. The summed E-state index contributed by atoms with van der Waals surface area (Å²) in [6.07, 6.45) is 3.66. The summed E-state index contributed by atoms with van der Waals surface area (Å²) in [5.74, 6) is 0. The lowest BCUT2D eigenvalue weighted by Crippen LogP contribution is -2.12. The van der Waals surface area contributed by atoms with Gasteiger partial charge in [0, 0.05) is 18.3 Å². The van der Waals surface area contributed by atoms with Gasteiger partial charge in [-0.05, 0) is 17.7 Å². The van der Waals surface area contributed by atoms with E-state index in [2.05, 4.69) is 4.98 Å². The maximum Gasteiger partial charge on any atom is 0.0947 e. The van der Waals surface area contributed by atoms with E-state index in [1.165, 1.54) is 0 Å². The molecule has 0 fully saturated rings. The quantitative estimate of drug-likeness (QED) is 0.844. The van der Waals surface area contributed by atoms with Crippen LogP contribution < -0.4 is 5.73 Å². The highest BCUT2D eigenvalue weighted by Crippen LogP contribution is 2.19. The molecule has 2 rings (SSSR count). The number of benzene rings is 1. The Labute approximate surface area is 93.5 Å². The smallest absolute Gasteiger partial charge is 0.0947 e. The van der Waals surface area contributed by atoms with E-state index >= 15 is 0 Å². The molecule has 0 aliphatic carbocycles. The molecule has 0 aliphatic rings. The van der Waals surface area contributed by atoms with Gasteiger partial charge in [-0.3, -0.25) is 0 Å². The average molecular weight is 222 g/mol. The van der Waals surface area contributed by atoms with Gasteiger partial charge in [-0.25, -0.2) is 4.98 Å². The van der Waals surface area contributed by atoms with Gasteiger partial charge < -0.3 is 10.3 Å². The molecule has 4 heteroatoms. The summed E-state index contributed by atoms with van der Waals surface area (Å²) >= 11 is 5.81. The van der Waals surface area contributed by atoms with Gasteiger partial charge in [0.15, 0.2) is 0 Å². The third-order valence-corrected chi connectivity index (χ3v) is 2.52. The SMILES string of the molecule is Cn1cnc(C(N)c2ccc(Cl)cc2)c1. The Kier molecular flexibility index (Phi) is 2.75. The Balaban J connectivity index is 2.28. The summed E-state index contributed by atoms with van der Waals surface area (Å²) in [6, 6.07) is 7.31. The molecule has 0 spiro atoms. The second-order valence-electron chi connectivity index (χ2n) is 3.49. The van der Waals surface area contributed by atoms with Crippen molar-refractivity contribution in [1.29, 1.82) is 0 Å². The molecule has 0 aliphatic heterocycles. The maximum atomic E-state index is 6.06. The molecule has 0 radical (unpaired) electrons. The molecule has 15 heavy (non-hydrogen) atoms. The van der Waals surface area contributed by atoms with E-state index in [1.54, 1.807) is 6.33 Å². The summed E-state index contributed by atoms with van der Waals surface area (Å²) in [5, 5.41) is 0.715. The van der Waals surface area contributed by atoms with Crippen molar-refractivity contribution in [2.45, 2.75) is 6.04 Å². The van der Waals surface area contributed by atoms with Crippen LogP contribution in [0.1, 0.15) is 17.3 Å². The molecule has 2 aromatic rings. The zero-order valence-electron chi connectivity index (χ0n) is 8.39. The number of hydrogen-bond donors (Lipinski definition) is 1. The molecule has 0 bridgehead atoms. The third-order valence-electron chi connectivity index (χ3n) is 2.27. The van der Waals surface area contributed by atoms with Gasteiger partial charge in [-0.15, -0.1) is 0 Å². The van der Waals surface area contributed by atoms with E-state index in [0.717, 1.165) is 11.3 Å². The van der Waals surface area contributed by atoms with Crippen molar-refractivity contribution in [3.05, 3.63) is 53.1 Å². The molecule has 78 valence electrons. The van der Waals surface area contributed by atoms with Crippen molar-refractivity contribution in [2.24, 2.45) is 12.8 Å². The van der Waals surface area contributed by atoms with Crippen molar-refractivity contribution >= 4 is 11.6 Å². The highest BCUT2D eigenvalue weighted by molar-refractivity contribution is 6.30. The zero-order valence-corrected chi connectivity index (χ0v) is 9.15. The van der Waals surface area contributed by atoms with Gasteiger partial charge in [0.2, 0.25) is 0 Å². The number of imidazole rings is 1. The van der Waals surface area contributed by atoms with Crippen molar-refractivity contribution in [1.82, 2.24) is 9.55 Å². The Hall–Kier alpha value is -1.32. The first-order chi connectivity index (χ1) is 7.16. The fourth-order valence-electron chi connectivity index (χ4n) is 1.43. The van der Waals surface area contributed by atoms with Crippen LogP contribution in [0, 0.1) is 0 Å². The minimum atomic E-state index is -0.191. The van der Waals surface area contributed by atoms with Crippen molar-refractivity contribution in [3.63, 3.8) is 0 Å². The molecule has 1 aromatic carbocycles. The number of hydrogen-bond acceptors (Lipinski definition) is 2. The van der Waals surface area contributed by atoms with Gasteiger partial charge in [0.05, 0.1) is 18.1 Å². The summed E-state index contributed by atoms with van der Waals surface area (Å²) in [4.78, 5) is 4.22. The Morgan fingerprint density at radius 3 is 2.53 bits per heavy atom. The van der Waals surface area contributed by atoms with Crippen LogP contribution >= 0.6 is 11.6 Å². The highest BCUT2D eigenvalue weighted by Gasteiger charge is 2.10. The molecule has 3 nitrogen and oxygen atoms in total. The predicted molar refractivity (Wildman–Crippen MR) is 60.7 cm³/mol. The van der Waals surface area contributed by atoms with Crippen molar-refractivity contribution < 1.29 is 0 Å². The lowest BCUT2D eigenvalue weighted by atomic mass is 10.1. The third kappa shape index (κ3) is 2.19. The van der Waals surface area contributed by atoms with Crippen molar-refractivity contribution in [3.8, 4) is 0 Å². The lowest BCUT2D eigenvalue weighted by molar-refractivity contribution is 0.835. The number of halogens is 1. The maximum absolute atomic E-state index is 6.06. The van der Waals surface area contributed by atoms with Crippen LogP contribution in [0.25, 0.3) is 0 Å². The molecule has 0 saturated carbocycles. The standard InChI is InChI=1S/C11H12ClN3/c1-15-6-10(14-7-15)11(13)8-2-4-9(12)5-3-8/h2-7,11H,13H2,1H3. The van der Waals surface area contributed by atoms with Gasteiger partial charge in [-0.2, -0.15) is 0 Å². The number of aromatic nitrogens is 2. The monoisotopic (exact) mass is 221 g/mol. The molecule has 0 saturated heterocycles. The number of nitrogens with zero attached hydrogens (tertiary/aromatic N) is 2. The predicted octanol–water partition coefficient (Wildman–Crippen LogP) is 2.12. The van der Waals surface area contributed by atoms with Crippen LogP contribution in [-0.2, 0) is 7.05 Å². The summed E-state index contributed by atoms with van der Waals surface area (Å²) in [6.45, 7) is 0. The number of aryl methyl sites for hydroxylation is 1. The van der Waals surface area contributed by atoms with E-state index in [9.17, 15) is 0 Å². The molecular formula is C11H12ClN3. The summed E-state index contributed by atoms with van der Waals surface area (Å²) in [7, 11) is 1.92. The van der Waals surface area contributed by atoms with Crippen LogP contribution in [0.5, 0.6) is 0 Å². The first kappa shape index (κ1) is 10.2. The van der Waals surface area contributed by atoms with Gasteiger partial charge in [-0.1, -0.05) is 23.7 Å². The molecule has 1 heterocycles. The van der Waals surface area contributed by atoms with E-state index in [-0.39, 0.29) is 6.04 Å². The Morgan fingerprint density at radius 1 is 1.33 bits per heavy atom. The lowest BCUT2D eigenvalue weighted by Gasteiger charge is -2.08. The van der Waals surface area contributed by atoms with Crippen LogP contribution in [0.3, 0.4) is 0 Å². The average Bonchev–Trinajstić information content (AvgIpc) is 2.65. The second-order valence-corrected chi connectivity index (χ2v) is 3.93. The van der Waals surface area contributed by atoms with Crippen LogP contribution in [0.15, 0.2) is 36.8 Å². The van der Waals surface area contributed by atoms with Crippen LogP contribution in [0.2, 0.25) is 5.02 Å². The number of rotatable bonds is 2. The largest absolute Gasteiger partial charge is 0.340 e. The molecule has 0 amide bonds. The topological polar surface area (TPSA) is 43.8 Å². The molecule has 1 atom stereocenters. The first-order valence-electron chi connectivity index (χ1n) is 4.66. The van der Waals surface area contributed by atoms with E-state index in [4.69, 9.17) is 17.3 Å². The summed E-state index contributed by atoms with van der Waals surface area (Å²) < 4.78 is 1.88. The molecule has 1 unspecified atom stereocenters. The number of nitrogens with two attached hydrogens (primary N) is 1. The fourth-order valence-corrected chi connectivity index (χ4v) is 1.56. The van der Waals surface area contributed by atoms with E-state index < -0.39 is 0 Å². The fraction of sp³-hybridized carbons (Fsp3) is 0.182. The van der Waals surface area contributed by atoms with Gasteiger partial charge >= 0.3 is 0 Å². The molecule has 1 aromatic heterocycles. The molecule has 2 N–H and O–H groups in total. The van der Waals surface area contributed by atoms with Gasteiger partial charge in [0.1, 0.15) is 0 Å².